The molecule has 1 aliphatic rings. The molecule has 2 atom stereocenters. The molecular weight excluding hydrogens is 244 g/mol. The lowest BCUT2D eigenvalue weighted by molar-refractivity contribution is 0.115. The van der Waals surface area contributed by atoms with Crippen molar-refractivity contribution < 1.29 is 0 Å². The van der Waals surface area contributed by atoms with E-state index >= 15 is 0 Å². The van der Waals surface area contributed by atoms with Gasteiger partial charge in [0.15, 0.2) is 0 Å². The Balaban J connectivity index is 1.95. The van der Waals surface area contributed by atoms with Crippen molar-refractivity contribution in [2.75, 3.05) is 20.1 Å². The van der Waals surface area contributed by atoms with E-state index in [0.717, 1.165) is 5.92 Å². The zero-order valence-corrected chi connectivity index (χ0v) is 13.3. The van der Waals surface area contributed by atoms with Gasteiger partial charge in [-0.05, 0) is 51.4 Å². The van der Waals surface area contributed by atoms with Crippen LogP contribution >= 0.6 is 0 Å². The molecule has 0 saturated carbocycles. The Bertz CT molecular complexity index is 368. The average molecular weight is 274 g/mol. The van der Waals surface area contributed by atoms with Gasteiger partial charge in [-0.2, -0.15) is 0 Å². The van der Waals surface area contributed by atoms with Crippen LogP contribution in [-0.4, -0.2) is 31.1 Å². The van der Waals surface area contributed by atoms with Crippen molar-refractivity contribution in [1.29, 1.82) is 0 Å². The lowest BCUT2D eigenvalue weighted by Crippen LogP contribution is -2.45. The third-order valence-electron chi connectivity index (χ3n) is 4.87. The van der Waals surface area contributed by atoms with E-state index in [1.54, 1.807) is 0 Å². The first-order valence-corrected chi connectivity index (χ1v) is 8.22. The van der Waals surface area contributed by atoms with Crippen LogP contribution < -0.4 is 5.32 Å². The molecule has 1 aromatic rings. The number of hydrogen-bond donors (Lipinski definition) is 1. The molecule has 1 heterocycles. The van der Waals surface area contributed by atoms with Gasteiger partial charge in [-0.3, -0.25) is 4.90 Å². The number of nitrogens with one attached hydrogen (secondary N) is 1. The van der Waals surface area contributed by atoms with Gasteiger partial charge < -0.3 is 5.32 Å². The largest absolute Gasteiger partial charge is 0.312 e. The van der Waals surface area contributed by atoms with Gasteiger partial charge in [-0.1, -0.05) is 50.1 Å². The van der Waals surface area contributed by atoms with Gasteiger partial charge in [0.1, 0.15) is 0 Å². The molecule has 2 rings (SSSR count). The van der Waals surface area contributed by atoms with Crippen molar-refractivity contribution in [2.24, 2.45) is 5.92 Å². The normalized spacial score (nSPS) is 20.8. The lowest BCUT2D eigenvalue weighted by atomic mass is 9.90. The van der Waals surface area contributed by atoms with E-state index in [1.165, 1.54) is 44.3 Å². The fourth-order valence-electron chi connectivity index (χ4n) is 3.61. The van der Waals surface area contributed by atoms with E-state index in [4.69, 9.17) is 0 Å². The van der Waals surface area contributed by atoms with Crippen molar-refractivity contribution in [1.82, 2.24) is 10.2 Å². The number of piperidine rings is 1. The molecule has 1 fully saturated rings. The fourth-order valence-corrected chi connectivity index (χ4v) is 3.61. The molecule has 1 aromatic carbocycles. The summed E-state index contributed by atoms with van der Waals surface area (Å²) in [5.41, 5.74) is 1.40. The van der Waals surface area contributed by atoms with Gasteiger partial charge in [0.25, 0.3) is 0 Å². The quantitative estimate of drug-likeness (QED) is 0.847. The first kappa shape index (κ1) is 15.5. The molecule has 2 unspecified atom stereocenters. The van der Waals surface area contributed by atoms with Gasteiger partial charge in [0, 0.05) is 12.1 Å². The minimum absolute atomic E-state index is 0.430. The number of hydrogen-bond acceptors (Lipinski definition) is 2. The van der Waals surface area contributed by atoms with Crippen LogP contribution in [0.25, 0.3) is 0 Å². The number of likely N-dealkylation sites (N-methyl/N-ethyl adjacent to an activating group) is 1. The van der Waals surface area contributed by atoms with E-state index in [1.807, 2.05) is 0 Å². The predicted octanol–water partition coefficient (Wildman–Crippen LogP) is 3.85. The van der Waals surface area contributed by atoms with E-state index in [-0.39, 0.29) is 0 Å². The maximum Gasteiger partial charge on any atom is 0.0473 e. The van der Waals surface area contributed by atoms with Crippen molar-refractivity contribution in [3.8, 4) is 0 Å². The molecule has 2 heteroatoms. The molecule has 0 aromatic heterocycles. The number of benzene rings is 1. The van der Waals surface area contributed by atoms with Crippen LogP contribution in [0.5, 0.6) is 0 Å². The average Bonchev–Trinajstić information content (AvgIpc) is 2.50. The van der Waals surface area contributed by atoms with Crippen LogP contribution in [0, 0.1) is 5.92 Å². The maximum absolute atomic E-state index is 3.51. The predicted molar refractivity (Wildman–Crippen MR) is 86.9 cm³/mol. The van der Waals surface area contributed by atoms with Crippen LogP contribution in [0.4, 0.5) is 0 Å². The molecule has 1 saturated heterocycles. The van der Waals surface area contributed by atoms with Gasteiger partial charge in [-0.25, -0.2) is 0 Å². The van der Waals surface area contributed by atoms with Crippen LogP contribution in [-0.2, 0) is 0 Å². The van der Waals surface area contributed by atoms with Crippen molar-refractivity contribution >= 4 is 0 Å². The van der Waals surface area contributed by atoms with Gasteiger partial charge in [0.05, 0.1) is 0 Å². The summed E-state index contributed by atoms with van der Waals surface area (Å²) in [6.07, 6.45) is 5.51. The lowest BCUT2D eigenvalue weighted by Gasteiger charge is -2.39. The van der Waals surface area contributed by atoms with Crippen LogP contribution in [0.15, 0.2) is 30.3 Å². The second-order valence-corrected chi connectivity index (χ2v) is 6.19. The molecule has 1 N–H and O–H groups in total. The Morgan fingerprint density at radius 2 is 1.85 bits per heavy atom. The summed E-state index contributed by atoms with van der Waals surface area (Å²) >= 11 is 0. The van der Waals surface area contributed by atoms with Gasteiger partial charge >= 0.3 is 0 Å². The highest BCUT2D eigenvalue weighted by Gasteiger charge is 2.27. The summed E-state index contributed by atoms with van der Waals surface area (Å²) in [5, 5.41) is 3.51. The standard InChI is InChI=1S/C18H30N2/c1-4-8-16-11-13-20(14-12-16)15(2)18(19-3)17-9-6-5-7-10-17/h5-7,9-10,15-16,18-19H,4,8,11-14H2,1-3H3. The van der Waals surface area contributed by atoms with Crippen LogP contribution in [0.3, 0.4) is 0 Å². The molecule has 1 aliphatic heterocycles. The highest BCUT2D eigenvalue weighted by molar-refractivity contribution is 5.20. The zero-order chi connectivity index (χ0) is 14.4. The highest BCUT2D eigenvalue weighted by Crippen LogP contribution is 2.27. The minimum atomic E-state index is 0.430. The monoisotopic (exact) mass is 274 g/mol. The summed E-state index contributed by atoms with van der Waals surface area (Å²) in [6.45, 7) is 7.20. The second kappa shape index (κ2) is 7.80. The molecule has 0 aliphatic carbocycles. The summed E-state index contributed by atoms with van der Waals surface area (Å²) in [5.74, 6) is 0.966. The Hall–Kier alpha value is -0.860. The van der Waals surface area contributed by atoms with Crippen molar-refractivity contribution in [2.45, 2.75) is 51.6 Å². The Morgan fingerprint density at radius 1 is 1.20 bits per heavy atom. The third-order valence-corrected chi connectivity index (χ3v) is 4.87. The Labute approximate surface area is 124 Å². The number of rotatable bonds is 6. The Morgan fingerprint density at radius 3 is 2.40 bits per heavy atom. The molecular formula is C18H30N2. The summed E-state index contributed by atoms with van der Waals surface area (Å²) in [4.78, 5) is 2.67. The van der Waals surface area contributed by atoms with Crippen molar-refractivity contribution in [3.63, 3.8) is 0 Å². The van der Waals surface area contributed by atoms with Gasteiger partial charge in [0.2, 0.25) is 0 Å². The molecule has 0 spiro atoms. The maximum atomic E-state index is 3.51. The van der Waals surface area contributed by atoms with Crippen molar-refractivity contribution in [3.05, 3.63) is 35.9 Å². The SMILES string of the molecule is CCCC1CCN(C(C)C(NC)c2ccccc2)CC1. The molecule has 112 valence electrons. The first-order valence-electron chi connectivity index (χ1n) is 8.22. The fraction of sp³-hybridized carbons (Fsp3) is 0.667. The molecule has 0 bridgehead atoms. The summed E-state index contributed by atoms with van der Waals surface area (Å²) in [7, 11) is 2.08. The number of likely N-dealkylation sites (tertiary alicyclic amines) is 1. The zero-order valence-electron chi connectivity index (χ0n) is 13.3. The molecule has 2 nitrogen and oxygen atoms in total. The van der Waals surface area contributed by atoms with E-state index in [9.17, 15) is 0 Å². The topological polar surface area (TPSA) is 15.3 Å². The van der Waals surface area contributed by atoms with Crippen LogP contribution in [0.2, 0.25) is 0 Å². The van der Waals surface area contributed by atoms with E-state index in [2.05, 4.69) is 61.4 Å². The smallest absolute Gasteiger partial charge is 0.0473 e. The molecule has 0 amide bonds. The van der Waals surface area contributed by atoms with E-state index < -0.39 is 0 Å². The first-order chi connectivity index (χ1) is 9.76. The second-order valence-electron chi connectivity index (χ2n) is 6.19. The van der Waals surface area contributed by atoms with Crippen LogP contribution in [0.1, 0.15) is 51.1 Å². The summed E-state index contributed by atoms with van der Waals surface area (Å²) in [6, 6.07) is 11.8. The Kier molecular flexibility index (Phi) is 6.06. The minimum Gasteiger partial charge on any atom is -0.312 e. The molecule has 20 heavy (non-hydrogen) atoms. The number of nitrogens with zero attached hydrogens (tertiary/aromatic N) is 1. The highest BCUT2D eigenvalue weighted by atomic mass is 15.2. The third kappa shape index (κ3) is 3.83. The summed E-state index contributed by atoms with van der Waals surface area (Å²) < 4.78 is 0. The molecule has 0 radical (unpaired) electrons. The van der Waals surface area contributed by atoms with E-state index in [0.29, 0.717) is 12.1 Å². The van der Waals surface area contributed by atoms with Gasteiger partial charge in [-0.15, -0.1) is 0 Å².